The summed E-state index contributed by atoms with van der Waals surface area (Å²) >= 11 is 5.87. The summed E-state index contributed by atoms with van der Waals surface area (Å²) in [4.78, 5) is 25.0. The Morgan fingerprint density at radius 3 is 2.89 bits per heavy atom. The largest absolute Gasteiger partial charge is 0.345 e. The van der Waals surface area contributed by atoms with Gasteiger partial charge in [0.1, 0.15) is 11.9 Å². The van der Waals surface area contributed by atoms with Crippen molar-refractivity contribution in [2.75, 3.05) is 6.54 Å². The highest BCUT2D eigenvalue weighted by Crippen LogP contribution is 2.23. The topological polar surface area (TPSA) is 49.4 Å². The molecule has 6 heteroatoms. The molecular weight excluding hydrogens is 271 g/mol. The van der Waals surface area contributed by atoms with Crippen molar-refractivity contribution in [1.29, 1.82) is 0 Å². The van der Waals surface area contributed by atoms with Crippen LogP contribution in [0, 0.1) is 5.82 Å². The van der Waals surface area contributed by atoms with Crippen LogP contribution in [0.25, 0.3) is 0 Å². The summed E-state index contributed by atoms with van der Waals surface area (Å²) in [7, 11) is 0. The van der Waals surface area contributed by atoms with E-state index in [4.69, 9.17) is 11.6 Å². The molecule has 0 radical (unpaired) electrons. The van der Waals surface area contributed by atoms with Gasteiger partial charge in [-0.15, -0.1) is 0 Å². The van der Waals surface area contributed by atoms with Crippen LogP contribution < -0.4 is 5.32 Å². The van der Waals surface area contributed by atoms with E-state index in [-0.39, 0.29) is 29.9 Å². The maximum Gasteiger partial charge on any atom is 0.243 e. The van der Waals surface area contributed by atoms with E-state index < -0.39 is 11.9 Å². The fourth-order valence-corrected chi connectivity index (χ4v) is 2.34. The van der Waals surface area contributed by atoms with Crippen molar-refractivity contribution < 1.29 is 14.0 Å². The van der Waals surface area contributed by atoms with Crippen LogP contribution in [-0.4, -0.2) is 29.3 Å². The monoisotopic (exact) mass is 284 g/mol. The summed E-state index contributed by atoms with van der Waals surface area (Å²) in [5.41, 5.74) is 0.503. The number of carbonyl (C=O) groups is 2. The standard InChI is InChI=1S/C13H14ClFN2O2/c1-2-10-13(19)16-6-11(18)17(10)7-8-4-3-5-9(15)12(8)14/h3-5,10H,2,6-7H2,1H3,(H,16,19). The summed E-state index contributed by atoms with van der Waals surface area (Å²) in [6, 6.07) is 3.92. The number of rotatable bonds is 3. The van der Waals surface area contributed by atoms with Gasteiger partial charge in [0, 0.05) is 6.54 Å². The maximum absolute atomic E-state index is 13.4. The fraction of sp³-hybridized carbons (Fsp3) is 0.385. The zero-order valence-corrected chi connectivity index (χ0v) is 11.2. The fourth-order valence-electron chi connectivity index (χ4n) is 2.16. The van der Waals surface area contributed by atoms with E-state index in [1.165, 1.54) is 17.0 Å². The summed E-state index contributed by atoms with van der Waals surface area (Å²) in [5.74, 6) is -0.900. The molecule has 1 unspecified atom stereocenters. The molecule has 1 N–H and O–H groups in total. The zero-order chi connectivity index (χ0) is 14.0. The molecule has 19 heavy (non-hydrogen) atoms. The van der Waals surface area contributed by atoms with Gasteiger partial charge in [-0.25, -0.2) is 4.39 Å². The lowest BCUT2D eigenvalue weighted by molar-refractivity contribution is -0.146. The van der Waals surface area contributed by atoms with Gasteiger partial charge in [0.25, 0.3) is 0 Å². The predicted molar refractivity (Wildman–Crippen MR) is 69.0 cm³/mol. The molecule has 1 aliphatic heterocycles. The Morgan fingerprint density at radius 2 is 2.21 bits per heavy atom. The number of halogens is 2. The highest BCUT2D eigenvalue weighted by molar-refractivity contribution is 6.31. The Labute approximate surface area is 115 Å². The number of nitrogens with zero attached hydrogens (tertiary/aromatic N) is 1. The Hall–Kier alpha value is -1.62. The lowest BCUT2D eigenvalue weighted by atomic mass is 10.1. The normalized spacial score (nSPS) is 19.5. The third-order valence-corrected chi connectivity index (χ3v) is 3.60. The van der Waals surface area contributed by atoms with Gasteiger partial charge < -0.3 is 10.2 Å². The minimum Gasteiger partial charge on any atom is -0.345 e. The number of hydrogen-bond donors (Lipinski definition) is 1. The first-order valence-electron chi connectivity index (χ1n) is 6.04. The number of amides is 2. The van der Waals surface area contributed by atoms with Crippen LogP contribution in [0.3, 0.4) is 0 Å². The average Bonchev–Trinajstić information content (AvgIpc) is 2.39. The molecule has 1 saturated heterocycles. The van der Waals surface area contributed by atoms with Crippen molar-refractivity contribution in [1.82, 2.24) is 10.2 Å². The molecule has 102 valence electrons. The van der Waals surface area contributed by atoms with E-state index in [2.05, 4.69) is 5.32 Å². The first-order valence-corrected chi connectivity index (χ1v) is 6.42. The van der Waals surface area contributed by atoms with Crippen LogP contribution >= 0.6 is 11.6 Å². The summed E-state index contributed by atoms with van der Waals surface area (Å²) in [6.07, 6.45) is 0.504. The van der Waals surface area contributed by atoms with Gasteiger partial charge in [-0.3, -0.25) is 9.59 Å². The third-order valence-electron chi connectivity index (χ3n) is 3.17. The SMILES string of the molecule is CCC1C(=O)NCC(=O)N1Cc1cccc(F)c1Cl. The molecule has 0 bridgehead atoms. The van der Waals surface area contributed by atoms with Crippen molar-refractivity contribution >= 4 is 23.4 Å². The van der Waals surface area contributed by atoms with E-state index in [1.807, 2.05) is 6.92 Å². The molecule has 0 aromatic heterocycles. The van der Waals surface area contributed by atoms with E-state index >= 15 is 0 Å². The molecule has 1 heterocycles. The molecule has 2 rings (SSSR count). The lowest BCUT2D eigenvalue weighted by Crippen LogP contribution is -2.57. The Balaban J connectivity index is 2.26. The molecule has 0 saturated carbocycles. The number of piperazine rings is 1. The van der Waals surface area contributed by atoms with Crippen molar-refractivity contribution in [3.63, 3.8) is 0 Å². The van der Waals surface area contributed by atoms with E-state index in [9.17, 15) is 14.0 Å². The second-order valence-corrected chi connectivity index (χ2v) is 4.75. The van der Waals surface area contributed by atoms with Crippen LogP contribution in [0.4, 0.5) is 4.39 Å². The first-order chi connectivity index (χ1) is 9.04. The number of carbonyl (C=O) groups excluding carboxylic acids is 2. The Bertz CT molecular complexity index is 521. The minimum atomic E-state index is -0.527. The molecule has 1 atom stereocenters. The number of benzene rings is 1. The van der Waals surface area contributed by atoms with Gasteiger partial charge in [-0.05, 0) is 18.1 Å². The molecule has 1 fully saturated rings. The second-order valence-electron chi connectivity index (χ2n) is 4.38. The second kappa shape index (κ2) is 5.57. The highest BCUT2D eigenvalue weighted by Gasteiger charge is 2.33. The third kappa shape index (κ3) is 2.71. The van der Waals surface area contributed by atoms with E-state index in [0.717, 1.165) is 0 Å². The molecule has 0 spiro atoms. The van der Waals surface area contributed by atoms with Gasteiger partial charge in [-0.2, -0.15) is 0 Å². The van der Waals surface area contributed by atoms with Crippen LogP contribution in [-0.2, 0) is 16.1 Å². The van der Waals surface area contributed by atoms with E-state index in [1.54, 1.807) is 6.07 Å². The predicted octanol–water partition coefficient (Wildman–Crippen LogP) is 1.72. The zero-order valence-electron chi connectivity index (χ0n) is 10.5. The van der Waals surface area contributed by atoms with Crippen molar-refractivity contribution in [2.45, 2.75) is 25.9 Å². The number of nitrogens with one attached hydrogen (secondary N) is 1. The molecule has 2 amide bonds. The lowest BCUT2D eigenvalue weighted by Gasteiger charge is -2.34. The van der Waals surface area contributed by atoms with Gasteiger partial charge >= 0.3 is 0 Å². The van der Waals surface area contributed by atoms with Crippen LogP contribution in [0.15, 0.2) is 18.2 Å². The van der Waals surface area contributed by atoms with Gasteiger partial charge in [0.15, 0.2) is 0 Å². The molecule has 1 aliphatic rings. The van der Waals surface area contributed by atoms with E-state index in [0.29, 0.717) is 12.0 Å². The highest BCUT2D eigenvalue weighted by atomic mass is 35.5. The molecule has 1 aromatic rings. The smallest absolute Gasteiger partial charge is 0.243 e. The first kappa shape index (κ1) is 13.8. The average molecular weight is 285 g/mol. The summed E-state index contributed by atoms with van der Waals surface area (Å²) in [6.45, 7) is 1.94. The molecule has 4 nitrogen and oxygen atoms in total. The van der Waals surface area contributed by atoms with Crippen LogP contribution in [0.5, 0.6) is 0 Å². The van der Waals surface area contributed by atoms with Gasteiger partial charge in [-0.1, -0.05) is 30.7 Å². The van der Waals surface area contributed by atoms with Crippen LogP contribution in [0.1, 0.15) is 18.9 Å². The Morgan fingerprint density at radius 1 is 1.47 bits per heavy atom. The van der Waals surface area contributed by atoms with Gasteiger partial charge in [0.2, 0.25) is 11.8 Å². The molecule has 1 aromatic carbocycles. The maximum atomic E-state index is 13.4. The summed E-state index contributed by atoms with van der Waals surface area (Å²) in [5, 5.41) is 2.53. The van der Waals surface area contributed by atoms with Crippen molar-refractivity contribution in [3.05, 3.63) is 34.6 Å². The molecular formula is C13H14ClFN2O2. The minimum absolute atomic E-state index is 0.00358. The molecule has 0 aliphatic carbocycles. The van der Waals surface area contributed by atoms with Crippen LogP contribution in [0.2, 0.25) is 5.02 Å². The van der Waals surface area contributed by atoms with Crippen molar-refractivity contribution in [3.8, 4) is 0 Å². The summed E-state index contributed by atoms with van der Waals surface area (Å²) < 4.78 is 13.4. The van der Waals surface area contributed by atoms with Crippen molar-refractivity contribution in [2.24, 2.45) is 0 Å². The number of hydrogen-bond acceptors (Lipinski definition) is 2. The Kier molecular flexibility index (Phi) is 4.04. The van der Waals surface area contributed by atoms with Gasteiger partial charge in [0.05, 0.1) is 11.6 Å². The quantitative estimate of drug-likeness (QED) is 0.919.